The zero-order chi connectivity index (χ0) is 31.2. The van der Waals surface area contributed by atoms with E-state index in [1.54, 1.807) is 0 Å². The number of halogens is 8. The van der Waals surface area contributed by atoms with Gasteiger partial charge in [-0.1, -0.05) is 6.07 Å². The number of hydrogen-bond acceptors (Lipinski definition) is 3. The molecule has 232 valence electrons. The van der Waals surface area contributed by atoms with Crippen molar-refractivity contribution in [2.75, 3.05) is 31.6 Å². The molecule has 0 spiro atoms. The van der Waals surface area contributed by atoms with Crippen molar-refractivity contribution in [2.24, 2.45) is 0 Å². The highest BCUT2D eigenvalue weighted by atomic mass is 32.2. The highest BCUT2D eigenvalue weighted by molar-refractivity contribution is 7.85. The first-order chi connectivity index (χ1) is 19.4. The van der Waals surface area contributed by atoms with Crippen LogP contribution in [0.15, 0.2) is 36.4 Å². The summed E-state index contributed by atoms with van der Waals surface area (Å²) in [6.07, 6.45) is -8.48. The fraction of sp³-hybridized carbons (Fsp3) is 0.552. The van der Waals surface area contributed by atoms with E-state index in [1.807, 2.05) is 0 Å². The van der Waals surface area contributed by atoms with Crippen LogP contribution in [0.3, 0.4) is 0 Å². The first-order valence-corrected chi connectivity index (χ1v) is 15.0. The summed E-state index contributed by atoms with van der Waals surface area (Å²) in [5.74, 6) is -1.94. The minimum absolute atomic E-state index is 0.0116. The van der Waals surface area contributed by atoms with E-state index in [0.29, 0.717) is 49.4 Å². The lowest BCUT2D eigenvalue weighted by Gasteiger charge is -2.47. The quantitative estimate of drug-likeness (QED) is 0.357. The van der Waals surface area contributed by atoms with Gasteiger partial charge in [0.15, 0.2) is 0 Å². The van der Waals surface area contributed by atoms with Crippen LogP contribution in [0.4, 0.5) is 35.1 Å². The highest BCUT2D eigenvalue weighted by Gasteiger charge is 2.44. The second kappa shape index (κ2) is 11.9. The molecule has 0 aliphatic carbocycles. The summed E-state index contributed by atoms with van der Waals surface area (Å²) >= 11 is 0. The third-order valence-corrected chi connectivity index (χ3v) is 9.89. The van der Waals surface area contributed by atoms with Crippen molar-refractivity contribution >= 4 is 16.7 Å². The zero-order valence-electron chi connectivity index (χ0n) is 23.3. The lowest BCUT2D eigenvalue weighted by molar-refractivity contribution is -0.144. The van der Waals surface area contributed by atoms with Crippen molar-refractivity contribution in [3.05, 3.63) is 70.3 Å². The van der Waals surface area contributed by atoms with Crippen LogP contribution in [0.2, 0.25) is 0 Å². The molecule has 4 nitrogen and oxygen atoms in total. The number of likely N-dealkylation sites (N-methyl/N-ethyl adjacent to an activating group) is 1. The zero-order valence-corrected chi connectivity index (χ0v) is 24.1. The molecule has 0 saturated carbocycles. The molecule has 0 radical (unpaired) electrons. The lowest BCUT2D eigenvalue weighted by Crippen LogP contribution is -2.56. The van der Waals surface area contributed by atoms with Crippen LogP contribution < -0.4 is 0 Å². The molecule has 0 bridgehead atoms. The largest absolute Gasteiger partial charge is 0.416 e. The third-order valence-electron chi connectivity index (χ3n) is 8.51. The van der Waals surface area contributed by atoms with Gasteiger partial charge in [-0.2, -0.15) is 26.3 Å². The van der Waals surface area contributed by atoms with E-state index in [-0.39, 0.29) is 24.2 Å². The number of likely N-dealkylation sites (tertiary alicyclic amines) is 1. The van der Waals surface area contributed by atoms with Gasteiger partial charge >= 0.3 is 12.4 Å². The Bertz CT molecular complexity index is 1300. The summed E-state index contributed by atoms with van der Waals surface area (Å²) in [6, 6.07) is 3.65. The van der Waals surface area contributed by atoms with Gasteiger partial charge in [0, 0.05) is 66.5 Å². The molecule has 1 amide bonds. The lowest BCUT2D eigenvalue weighted by atomic mass is 9.79. The summed E-state index contributed by atoms with van der Waals surface area (Å²) in [5, 5.41) is 0. The Labute approximate surface area is 241 Å². The van der Waals surface area contributed by atoms with E-state index in [4.69, 9.17) is 0 Å². The van der Waals surface area contributed by atoms with Gasteiger partial charge in [0.1, 0.15) is 11.6 Å². The number of carbonyl (C=O) groups excluding carboxylic acids is 1. The van der Waals surface area contributed by atoms with E-state index < -0.39 is 74.8 Å². The molecule has 2 heterocycles. The maximum atomic E-state index is 15.1. The van der Waals surface area contributed by atoms with Crippen LogP contribution in [0.5, 0.6) is 0 Å². The van der Waals surface area contributed by atoms with Crippen LogP contribution in [0.1, 0.15) is 61.3 Å². The third kappa shape index (κ3) is 6.82. The van der Waals surface area contributed by atoms with Gasteiger partial charge in [-0.3, -0.25) is 13.9 Å². The molecule has 2 atom stereocenters. The van der Waals surface area contributed by atoms with E-state index >= 15 is 4.39 Å². The van der Waals surface area contributed by atoms with Crippen LogP contribution >= 0.6 is 0 Å². The van der Waals surface area contributed by atoms with Gasteiger partial charge < -0.3 is 4.90 Å². The Hall–Kier alpha value is -2.54. The van der Waals surface area contributed by atoms with E-state index in [9.17, 15) is 39.7 Å². The van der Waals surface area contributed by atoms with Crippen molar-refractivity contribution in [1.29, 1.82) is 0 Å². The van der Waals surface area contributed by atoms with E-state index in [1.165, 1.54) is 31.9 Å². The maximum absolute atomic E-state index is 15.1. The Kier molecular flexibility index (Phi) is 9.14. The molecular weight excluding hydrogens is 592 g/mol. The standard InChI is InChI=1S/C29H32F8N2O2S/c1-27(2,17-12-18(28(32,33)34)14-19(13-17)29(35,36)37)26(40)38(3)25-6-9-39(21-7-10-42(41)11-8-21)16-23(25)22-5-4-20(30)15-24(22)31/h4-5,12-15,21,23,25H,6-11,16H2,1-3H3/t21?,23-,25+,42?/m0/s1. The average molecular weight is 625 g/mol. The van der Waals surface area contributed by atoms with Gasteiger partial charge in [-0.15, -0.1) is 0 Å². The Morgan fingerprint density at radius 1 is 0.881 bits per heavy atom. The molecule has 2 aliphatic rings. The highest BCUT2D eigenvalue weighted by Crippen LogP contribution is 2.41. The topological polar surface area (TPSA) is 40.6 Å². The summed E-state index contributed by atoms with van der Waals surface area (Å²) in [7, 11) is 0.502. The second-order valence-electron chi connectivity index (χ2n) is 11.5. The van der Waals surface area contributed by atoms with Crippen molar-refractivity contribution in [1.82, 2.24) is 9.80 Å². The molecule has 4 rings (SSSR count). The van der Waals surface area contributed by atoms with Crippen LogP contribution in [-0.2, 0) is 33.4 Å². The van der Waals surface area contributed by atoms with Crippen molar-refractivity contribution in [3.63, 3.8) is 0 Å². The predicted octanol–water partition coefficient (Wildman–Crippen LogP) is 6.51. The minimum atomic E-state index is -5.08. The molecule has 2 aromatic carbocycles. The molecule has 42 heavy (non-hydrogen) atoms. The summed E-state index contributed by atoms with van der Waals surface area (Å²) in [4.78, 5) is 17.3. The SMILES string of the molecule is CN(C(=O)C(C)(C)c1cc(C(F)(F)F)cc(C(F)(F)F)c1)[C@@H]1CCN(C2CCS(=O)CC2)C[C@H]1c1ccc(F)cc1F. The number of benzene rings is 2. The first-order valence-electron chi connectivity index (χ1n) is 13.5. The fourth-order valence-corrected chi connectivity index (χ4v) is 7.32. The molecule has 0 aromatic heterocycles. The van der Waals surface area contributed by atoms with Gasteiger partial charge in [0.05, 0.1) is 16.5 Å². The molecule has 2 saturated heterocycles. The molecular formula is C29H32F8N2O2S. The van der Waals surface area contributed by atoms with E-state index in [2.05, 4.69) is 4.90 Å². The molecule has 13 heteroatoms. The first kappa shape index (κ1) is 32.4. The van der Waals surface area contributed by atoms with Gasteiger partial charge in [0.25, 0.3) is 0 Å². The molecule has 0 N–H and O–H groups in total. The van der Waals surface area contributed by atoms with Crippen LogP contribution in [0.25, 0.3) is 0 Å². The van der Waals surface area contributed by atoms with Crippen LogP contribution in [0, 0.1) is 11.6 Å². The fourth-order valence-electron chi connectivity index (χ4n) is 6.05. The number of amides is 1. The average Bonchev–Trinajstić information content (AvgIpc) is 2.91. The number of nitrogens with zero attached hydrogens (tertiary/aromatic N) is 2. The Balaban J connectivity index is 1.69. The van der Waals surface area contributed by atoms with E-state index in [0.717, 1.165) is 12.1 Å². The smallest absolute Gasteiger partial charge is 0.341 e. The van der Waals surface area contributed by atoms with Crippen LogP contribution in [-0.4, -0.2) is 63.6 Å². The molecule has 2 aromatic rings. The number of rotatable bonds is 5. The van der Waals surface area contributed by atoms with Gasteiger partial charge in [-0.25, -0.2) is 8.78 Å². The van der Waals surface area contributed by atoms with Crippen molar-refractivity contribution in [3.8, 4) is 0 Å². The number of carbonyl (C=O) groups is 1. The van der Waals surface area contributed by atoms with Crippen molar-refractivity contribution < 1.29 is 44.1 Å². The van der Waals surface area contributed by atoms with Gasteiger partial charge in [0.2, 0.25) is 5.91 Å². The number of hydrogen-bond donors (Lipinski definition) is 0. The number of piperidine rings is 1. The molecule has 0 unspecified atom stereocenters. The maximum Gasteiger partial charge on any atom is 0.416 e. The van der Waals surface area contributed by atoms with Gasteiger partial charge in [-0.05, 0) is 68.5 Å². The minimum Gasteiger partial charge on any atom is -0.341 e. The summed E-state index contributed by atoms with van der Waals surface area (Å²) in [5.41, 5.74) is -5.17. The molecule has 2 aliphatic heterocycles. The number of alkyl halides is 6. The normalized spacial score (nSPS) is 24.5. The summed E-state index contributed by atoms with van der Waals surface area (Å²) < 4.78 is 122. The molecule has 2 fully saturated rings. The summed E-state index contributed by atoms with van der Waals surface area (Å²) in [6.45, 7) is 3.28. The Morgan fingerprint density at radius 2 is 1.43 bits per heavy atom. The monoisotopic (exact) mass is 624 g/mol. The predicted molar refractivity (Wildman–Crippen MR) is 142 cm³/mol. The Morgan fingerprint density at radius 3 is 1.95 bits per heavy atom. The van der Waals surface area contributed by atoms with Crippen molar-refractivity contribution in [2.45, 2.75) is 68.9 Å². The second-order valence-corrected chi connectivity index (χ2v) is 13.2.